The van der Waals surface area contributed by atoms with Gasteiger partial charge in [-0.15, -0.1) is 0 Å². The Hall–Kier alpha value is -2.97. The molecule has 0 saturated carbocycles. The SMILES string of the molecule is CC/C=C/C=C/C=C/C=C/C=C/CCCCCC(=O)OC(COCCC(C(=O)O)[N+](C)(C)C)COC(=O)CCCCCCCCCCCCCCCCCCCCCCC. The molecule has 0 heterocycles. The van der Waals surface area contributed by atoms with Crippen LogP contribution >= 0.6 is 0 Å². The van der Waals surface area contributed by atoms with Crippen LogP contribution in [-0.4, -0.2) is 80.6 Å². The van der Waals surface area contributed by atoms with E-state index in [0.29, 0.717) is 19.3 Å². The average Bonchev–Trinajstić information content (AvgIpc) is 3.21. The number of rotatable bonds is 43. The van der Waals surface area contributed by atoms with Gasteiger partial charge in [0, 0.05) is 19.3 Å². The molecule has 60 heavy (non-hydrogen) atoms. The topological polar surface area (TPSA) is 99.1 Å². The van der Waals surface area contributed by atoms with Crippen LogP contribution in [0.25, 0.3) is 0 Å². The van der Waals surface area contributed by atoms with Gasteiger partial charge in [0.05, 0.1) is 34.4 Å². The van der Waals surface area contributed by atoms with Crippen LogP contribution in [0.1, 0.15) is 200 Å². The highest BCUT2D eigenvalue weighted by Crippen LogP contribution is 2.16. The van der Waals surface area contributed by atoms with Gasteiger partial charge in [0.1, 0.15) is 6.61 Å². The van der Waals surface area contributed by atoms with Gasteiger partial charge in [0.15, 0.2) is 12.1 Å². The van der Waals surface area contributed by atoms with Gasteiger partial charge in [-0.2, -0.15) is 0 Å². The molecule has 346 valence electrons. The number of likely N-dealkylation sites (N-methyl/N-ethyl adjacent to an activating group) is 1. The Morgan fingerprint density at radius 3 is 1.38 bits per heavy atom. The summed E-state index contributed by atoms with van der Waals surface area (Å²) in [6.45, 7) is 4.56. The second-order valence-electron chi connectivity index (χ2n) is 17.5. The Labute approximate surface area is 368 Å². The number of carboxylic acid groups (broad SMARTS) is 1. The summed E-state index contributed by atoms with van der Waals surface area (Å²) in [4.78, 5) is 37.1. The lowest BCUT2D eigenvalue weighted by atomic mass is 10.0. The van der Waals surface area contributed by atoms with E-state index in [1.165, 1.54) is 116 Å². The Morgan fingerprint density at radius 2 is 0.933 bits per heavy atom. The number of hydrogen-bond acceptors (Lipinski definition) is 6. The van der Waals surface area contributed by atoms with Crippen LogP contribution in [0, 0.1) is 0 Å². The van der Waals surface area contributed by atoms with Crippen LogP contribution in [0.2, 0.25) is 0 Å². The van der Waals surface area contributed by atoms with Gasteiger partial charge in [0.25, 0.3) is 0 Å². The molecular weight excluding hydrogens is 751 g/mol. The molecule has 0 aliphatic heterocycles. The number of allylic oxidation sites excluding steroid dienone is 10. The zero-order chi connectivity index (χ0) is 44.2. The third-order valence-corrected chi connectivity index (χ3v) is 10.8. The number of carboxylic acids is 1. The van der Waals surface area contributed by atoms with Crippen molar-refractivity contribution in [3.05, 3.63) is 60.8 Å². The minimum Gasteiger partial charge on any atom is -0.477 e. The highest BCUT2D eigenvalue weighted by atomic mass is 16.6. The first-order chi connectivity index (χ1) is 29.1. The van der Waals surface area contributed by atoms with Crippen LogP contribution in [0.15, 0.2) is 60.8 Å². The third-order valence-electron chi connectivity index (χ3n) is 10.8. The molecule has 2 unspecified atom stereocenters. The maximum Gasteiger partial charge on any atom is 0.362 e. The molecule has 0 saturated heterocycles. The number of carbonyl (C=O) groups is 3. The predicted octanol–water partition coefficient (Wildman–Crippen LogP) is 13.8. The largest absolute Gasteiger partial charge is 0.477 e. The van der Waals surface area contributed by atoms with E-state index in [0.717, 1.165) is 44.9 Å². The van der Waals surface area contributed by atoms with Crippen LogP contribution in [-0.2, 0) is 28.6 Å². The standard InChI is InChI=1S/C52H91NO7/c1-6-8-10-12-14-16-18-20-22-23-24-25-26-27-29-30-32-34-36-38-40-42-50(54)59-47-48(46-58-45-44-49(52(56)57)53(3,4)5)60-51(55)43-41-39-37-35-33-31-28-21-19-17-15-13-11-9-7-2/h9,11,13,15,17,19,21,28,31,33,48-49H,6-8,10,12,14,16,18,20,22-27,29-30,32,34-47H2,1-5H3/p+1/b11-9+,15-13+,19-17+,28-21+,33-31+. The number of esters is 2. The first-order valence-corrected chi connectivity index (χ1v) is 24.4. The van der Waals surface area contributed by atoms with Gasteiger partial charge in [-0.1, -0.05) is 209 Å². The van der Waals surface area contributed by atoms with Crippen molar-refractivity contribution in [2.45, 2.75) is 212 Å². The van der Waals surface area contributed by atoms with E-state index in [9.17, 15) is 19.5 Å². The number of aliphatic carboxylic acids is 1. The van der Waals surface area contributed by atoms with E-state index in [1.54, 1.807) is 0 Å². The second-order valence-corrected chi connectivity index (χ2v) is 17.5. The summed E-state index contributed by atoms with van der Waals surface area (Å²) in [5.41, 5.74) is 0. The smallest absolute Gasteiger partial charge is 0.362 e. The van der Waals surface area contributed by atoms with E-state index < -0.39 is 18.1 Å². The normalized spacial score (nSPS) is 13.4. The van der Waals surface area contributed by atoms with Crippen molar-refractivity contribution in [3.63, 3.8) is 0 Å². The summed E-state index contributed by atoms with van der Waals surface area (Å²) in [6.07, 6.45) is 52.8. The number of quaternary nitrogens is 1. The molecule has 0 bridgehead atoms. The highest BCUT2D eigenvalue weighted by Gasteiger charge is 2.31. The lowest BCUT2D eigenvalue weighted by molar-refractivity contribution is -0.887. The summed E-state index contributed by atoms with van der Waals surface area (Å²) in [5, 5.41) is 9.63. The molecule has 0 rings (SSSR count). The Morgan fingerprint density at radius 1 is 0.517 bits per heavy atom. The molecule has 0 aliphatic rings. The molecule has 8 heteroatoms. The van der Waals surface area contributed by atoms with Gasteiger partial charge in [-0.3, -0.25) is 9.59 Å². The van der Waals surface area contributed by atoms with E-state index in [-0.39, 0.29) is 42.7 Å². The molecule has 1 N–H and O–H groups in total. The Bertz CT molecular complexity index is 1170. The Kier molecular flexibility index (Phi) is 40.6. The van der Waals surface area contributed by atoms with Crippen LogP contribution in [0.3, 0.4) is 0 Å². The van der Waals surface area contributed by atoms with Crippen molar-refractivity contribution in [3.8, 4) is 0 Å². The van der Waals surface area contributed by atoms with Crippen molar-refractivity contribution in [2.75, 3.05) is 41.0 Å². The molecule has 0 aliphatic carbocycles. The molecule has 0 fully saturated rings. The number of unbranched alkanes of at least 4 members (excludes halogenated alkanes) is 23. The van der Waals surface area contributed by atoms with Crippen molar-refractivity contribution in [1.29, 1.82) is 0 Å². The lowest BCUT2D eigenvalue weighted by Crippen LogP contribution is -2.50. The fraction of sp³-hybridized carbons (Fsp3) is 0.750. The van der Waals surface area contributed by atoms with Crippen molar-refractivity contribution >= 4 is 17.9 Å². The Balaban J connectivity index is 4.28. The van der Waals surface area contributed by atoms with E-state index in [1.807, 2.05) is 69.8 Å². The van der Waals surface area contributed by atoms with Gasteiger partial charge in [-0.05, 0) is 32.1 Å². The summed E-state index contributed by atoms with van der Waals surface area (Å²) in [5.74, 6) is -1.52. The molecule has 8 nitrogen and oxygen atoms in total. The van der Waals surface area contributed by atoms with Crippen LogP contribution in [0.5, 0.6) is 0 Å². The zero-order valence-electron chi connectivity index (χ0n) is 39.4. The number of nitrogens with zero attached hydrogens (tertiary/aromatic N) is 1. The van der Waals surface area contributed by atoms with Gasteiger partial charge in [-0.25, -0.2) is 4.79 Å². The molecule has 2 atom stereocenters. The minimum atomic E-state index is -0.883. The minimum absolute atomic E-state index is 0.0432. The fourth-order valence-electron chi connectivity index (χ4n) is 7.05. The second kappa shape index (κ2) is 42.7. The molecule has 0 aromatic rings. The quantitative estimate of drug-likeness (QED) is 0.0282. The van der Waals surface area contributed by atoms with Crippen molar-refractivity contribution in [2.24, 2.45) is 0 Å². The first-order valence-electron chi connectivity index (χ1n) is 24.4. The molecular formula is C52H92NO7+. The molecule has 0 amide bonds. The maximum atomic E-state index is 12.7. The van der Waals surface area contributed by atoms with Crippen molar-refractivity contribution in [1.82, 2.24) is 0 Å². The van der Waals surface area contributed by atoms with Crippen molar-refractivity contribution < 1.29 is 38.2 Å². The summed E-state index contributed by atoms with van der Waals surface area (Å²) < 4.78 is 17.3. The van der Waals surface area contributed by atoms with Crippen LogP contribution < -0.4 is 0 Å². The average molecular weight is 843 g/mol. The first kappa shape index (κ1) is 57.0. The van der Waals surface area contributed by atoms with Crippen LogP contribution in [0.4, 0.5) is 0 Å². The number of carbonyl (C=O) groups excluding carboxylic acids is 2. The maximum absolute atomic E-state index is 12.7. The van der Waals surface area contributed by atoms with Gasteiger partial charge in [0.2, 0.25) is 0 Å². The van der Waals surface area contributed by atoms with Gasteiger partial charge < -0.3 is 23.8 Å². The summed E-state index contributed by atoms with van der Waals surface area (Å²) in [7, 11) is 5.51. The number of ether oxygens (including phenoxy) is 3. The molecule has 0 spiro atoms. The lowest BCUT2D eigenvalue weighted by Gasteiger charge is -2.31. The van der Waals surface area contributed by atoms with E-state index in [2.05, 4.69) is 26.0 Å². The monoisotopic (exact) mass is 843 g/mol. The van der Waals surface area contributed by atoms with E-state index >= 15 is 0 Å². The zero-order valence-corrected chi connectivity index (χ0v) is 39.4. The molecule has 0 radical (unpaired) electrons. The summed E-state index contributed by atoms with van der Waals surface area (Å²) in [6, 6.07) is -0.624. The van der Waals surface area contributed by atoms with Gasteiger partial charge >= 0.3 is 17.9 Å². The number of hydrogen-bond donors (Lipinski definition) is 1. The fourth-order valence-corrected chi connectivity index (χ4v) is 7.05. The predicted molar refractivity (Wildman–Crippen MR) is 252 cm³/mol. The van der Waals surface area contributed by atoms with E-state index in [4.69, 9.17) is 14.2 Å². The summed E-state index contributed by atoms with van der Waals surface area (Å²) >= 11 is 0. The molecule has 0 aromatic carbocycles. The third kappa shape index (κ3) is 40.4. The highest BCUT2D eigenvalue weighted by molar-refractivity contribution is 5.72. The molecule has 0 aromatic heterocycles.